The second-order valence-electron chi connectivity index (χ2n) is 7.75. The standard InChI is InChI=1S/C23H25ClN6O3/c1-14(27-22(32)19-15(2)28-30-10-4-7-26-21(19)30)18-13-16-5-3-6-17(24)20(16)23(33)29(18)11-8-25-9-12-31/h3-7,10,13-14,25,31H,8-9,11-12H2,1-2H3,(H,27,32)/t14-/m0/s1. The third kappa shape index (κ3) is 4.47. The van der Waals surface area contributed by atoms with Crippen molar-refractivity contribution in [2.45, 2.75) is 26.4 Å². The molecule has 0 aliphatic heterocycles. The van der Waals surface area contributed by atoms with Crippen LogP contribution in [0.1, 0.15) is 34.7 Å². The van der Waals surface area contributed by atoms with Crippen molar-refractivity contribution >= 4 is 33.9 Å². The second-order valence-corrected chi connectivity index (χ2v) is 8.15. The van der Waals surface area contributed by atoms with Gasteiger partial charge in [0.1, 0.15) is 5.56 Å². The molecule has 0 spiro atoms. The Morgan fingerprint density at radius 2 is 2.09 bits per heavy atom. The van der Waals surface area contributed by atoms with Gasteiger partial charge in [-0.05, 0) is 37.4 Å². The number of hydrogen-bond acceptors (Lipinski definition) is 6. The number of carbonyl (C=O) groups excluding carboxylic acids is 1. The summed E-state index contributed by atoms with van der Waals surface area (Å²) in [6, 6.07) is 8.44. The fourth-order valence-electron chi connectivity index (χ4n) is 3.97. The normalized spacial score (nSPS) is 12.4. The maximum absolute atomic E-state index is 13.3. The molecule has 3 heterocycles. The van der Waals surface area contributed by atoms with Crippen LogP contribution in [0.25, 0.3) is 16.4 Å². The van der Waals surface area contributed by atoms with Gasteiger partial charge in [-0.2, -0.15) is 5.10 Å². The largest absolute Gasteiger partial charge is 0.395 e. The SMILES string of the molecule is Cc1nn2cccnc2c1C(=O)N[C@@H](C)c1cc2cccc(Cl)c2c(=O)n1CCNCCO. The summed E-state index contributed by atoms with van der Waals surface area (Å²) in [4.78, 5) is 30.8. The Labute approximate surface area is 195 Å². The van der Waals surface area contributed by atoms with Crippen LogP contribution in [-0.2, 0) is 6.54 Å². The predicted octanol–water partition coefficient (Wildman–Crippen LogP) is 2.08. The topological polar surface area (TPSA) is 114 Å². The van der Waals surface area contributed by atoms with Crippen molar-refractivity contribution in [2.75, 3.05) is 19.7 Å². The molecule has 0 fully saturated rings. The molecule has 0 saturated carbocycles. The van der Waals surface area contributed by atoms with E-state index in [1.807, 2.05) is 19.1 Å². The molecular weight excluding hydrogens is 444 g/mol. The van der Waals surface area contributed by atoms with Gasteiger partial charge in [0.05, 0.1) is 28.8 Å². The summed E-state index contributed by atoms with van der Waals surface area (Å²) in [6.45, 7) is 4.84. The summed E-state index contributed by atoms with van der Waals surface area (Å²) in [5.74, 6) is -0.322. The van der Waals surface area contributed by atoms with Crippen LogP contribution in [0.5, 0.6) is 0 Å². The van der Waals surface area contributed by atoms with Crippen LogP contribution in [0.15, 0.2) is 47.5 Å². The number of fused-ring (bicyclic) bond motifs is 2. The molecule has 1 aromatic carbocycles. The lowest BCUT2D eigenvalue weighted by Gasteiger charge is -2.21. The number of amides is 1. The van der Waals surface area contributed by atoms with E-state index in [1.54, 1.807) is 46.6 Å². The van der Waals surface area contributed by atoms with Crippen LogP contribution < -0.4 is 16.2 Å². The summed E-state index contributed by atoms with van der Waals surface area (Å²) in [7, 11) is 0. The highest BCUT2D eigenvalue weighted by Gasteiger charge is 2.22. The second kappa shape index (κ2) is 9.70. The maximum atomic E-state index is 13.3. The highest BCUT2D eigenvalue weighted by molar-refractivity contribution is 6.35. The molecule has 0 saturated heterocycles. The summed E-state index contributed by atoms with van der Waals surface area (Å²) in [5, 5.41) is 21.0. The minimum Gasteiger partial charge on any atom is -0.395 e. The third-order valence-electron chi connectivity index (χ3n) is 5.51. The minimum atomic E-state index is -0.482. The van der Waals surface area contributed by atoms with E-state index in [9.17, 15) is 9.59 Å². The van der Waals surface area contributed by atoms with E-state index in [0.717, 1.165) is 0 Å². The quantitative estimate of drug-likeness (QED) is 0.341. The first-order chi connectivity index (χ1) is 15.9. The Hall–Kier alpha value is -3.27. The first-order valence-electron chi connectivity index (χ1n) is 10.7. The van der Waals surface area contributed by atoms with Crippen LogP contribution in [0, 0.1) is 6.92 Å². The Balaban J connectivity index is 1.71. The van der Waals surface area contributed by atoms with Crippen molar-refractivity contribution in [2.24, 2.45) is 0 Å². The molecule has 3 N–H and O–H groups in total. The number of aryl methyl sites for hydroxylation is 1. The number of rotatable bonds is 8. The average molecular weight is 469 g/mol. The van der Waals surface area contributed by atoms with Gasteiger partial charge >= 0.3 is 0 Å². The number of nitrogens with zero attached hydrogens (tertiary/aromatic N) is 4. The number of aromatic nitrogens is 4. The first-order valence-corrected chi connectivity index (χ1v) is 11.0. The van der Waals surface area contributed by atoms with Crippen LogP contribution in [0.3, 0.4) is 0 Å². The first kappa shape index (κ1) is 22.9. The highest BCUT2D eigenvalue weighted by atomic mass is 35.5. The van der Waals surface area contributed by atoms with Gasteiger partial charge in [0.15, 0.2) is 5.65 Å². The van der Waals surface area contributed by atoms with Crippen LogP contribution >= 0.6 is 11.6 Å². The van der Waals surface area contributed by atoms with E-state index < -0.39 is 6.04 Å². The van der Waals surface area contributed by atoms with Gasteiger partial charge < -0.3 is 20.3 Å². The molecule has 1 atom stereocenters. The van der Waals surface area contributed by atoms with E-state index in [-0.39, 0.29) is 18.1 Å². The molecule has 0 radical (unpaired) electrons. The monoisotopic (exact) mass is 468 g/mol. The Kier molecular flexibility index (Phi) is 6.73. The van der Waals surface area contributed by atoms with Gasteiger partial charge in [-0.1, -0.05) is 23.7 Å². The smallest absolute Gasteiger partial charge is 0.260 e. The summed E-state index contributed by atoms with van der Waals surface area (Å²) >= 11 is 6.33. The van der Waals surface area contributed by atoms with E-state index in [1.165, 1.54) is 0 Å². The number of carbonyl (C=O) groups is 1. The van der Waals surface area contributed by atoms with Crippen LogP contribution in [0.2, 0.25) is 5.02 Å². The number of halogens is 1. The lowest BCUT2D eigenvalue weighted by Crippen LogP contribution is -2.35. The zero-order valence-corrected chi connectivity index (χ0v) is 19.1. The summed E-state index contributed by atoms with van der Waals surface area (Å²) < 4.78 is 3.18. The van der Waals surface area contributed by atoms with Crippen LogP contribution in [-0.4, -0.2) is 49.9 Å². The molecule has 3 aromatic heterocycles. The number of benzene rings is 1. The molecule has 0 unspecified atom stereocenters. The van der Waals surface area contributed by atoms with Gasteiger partial charge in [-0.3, -0.25) is 9.59 Å². The van der Waals surface area contributed by atoms with E-state index in [0.29, 0.717) is 58.0 Å². The van der Waals surface area contributed by atoms with Crippen molar-refractivity contribution < 1.29 is 9.90 Å². The number of nitrogens with one attached hydrogen (secondary N) is 2. The minimum absolute atomic E-state index is 0.00476. The van der Waals surface area contributed by atoms with Crippen molar-refractivity contribution in [3.8, 4) is 0 Å². The molecule has 33 heavy (non-hydrogen) atoms. The zero-order chi connectivity index (χ0) is 23.5. The third-order valence-corrected chi connectivity index (χ3v) is 5.82. The highest BCUT2D eigenvalue weighted by Crippen LogP contribution is 2.24. The molecule has 10 heteroatoms. The Bertz CT molecular complexity index is 1380. The van der Waals surface area contributed by atoms with Crippen LogP contribution in [0.4, 0.5) is 0 Å². The number of aliphatic hydroxyl groups is 1. The van der Waals surface area contributed by atoms with E-state index in [4.69, 9.17) is 16.7 Å². The number of hydrogen-bond donors (Lipinski definition) is 3. The fourth-order valence-corrected chi connectivity index (χ4v) is 4.23. The van der Waals surface area contributed by atoms with Gasteiger partial charge in [0, 0.05) is 37.7 Å². The molecule has 1 amide bonds. The molecular formula is C23H25ClN6O3. The molecule has 4 rings (SSSR count). The lowest BCUT2D eigenvalue weighted by molar-refractivity contribution is 0.0939. The fraction of sp³-hybridized carbons (Fsp3) is 0.304. The van der Waals surface area contributed by atoms with Gasteiger partial charge in [-0.25, -0.2) is 9.50 Å². The molecule has 0 aliphatic rings. The number of aliphatic hydroxyl groups excluding tert-OH is 1. The maximum Gasteiger partial charge on any atom is 0.260 e. The van der Waals surface area contributed by atoms with Gasteiger partial charge in [0.2, 0.25) is 0 Å². The molecule has 9 nitrogen and oxygen atoms in total. The Morgan fingerprint density at radius 1 is 1.27 bits per heavy atom. The lowest BCUT2D eigenvalue weighted by atomic mass is 10.1. The summed E-state index contributed by atoms with van der Waals surface area (Å²) in [6.07, 6.45) is 3.35. The molecule has 4 aromatic rings. The molecule has 172 valence electrons. The van der Waals surface area contributed by atoms with Crippen molar-refractivity contribution in [1.29, 1.82) is 0 Å². The Morgan fingerprint density at radius 3 is 2.88 bits per heavy atom. The predicted molar refractivity (Wildman–Crippen MR) is 127 cm³/mol. The van der Waals surface area contributed by atoms with E-state index in [2.05, 4.69) is 20.7 Å². The zero-order valence-electron chi connectivity index (χ0n) is 18.4. The van der Waals surface area contributed by atoms with Crippen molar-refractivity contribution in [3.63, 3.8) is 0 Å². The van der Waals surface area contributed by atoms with Crippen molar-refractivity contribution in [3.05, 3.63) is 75.1 Å². The van der Waals surface area contributed by atoms with Gasteiger partial charge in [0.25, 0.3) is 11.5 Å². The van der Waals surface area contributed by atoms with Gasteiger partial charge in [-0.15, -0.1) is 0 Å². The van der Waals surface area contributed by atoms with Crippen molar-refractivity contribution in [1.82, 2.24) is 29.8 Å². The van der Waals surface area contributed by atoms with E-state index >= 15 is 0 Å². The summed E-state index contributed by atoms with van der Waals surface area (Å²) in [5.41, 5.74) is 1.85. The average Bonchev–Trinajstić information content (AvgIpc) is 3.13. The molecule has 0 bridgehead atoms. The number of pyridine rings is 1. The molecule has 0 aliphatic carbocycles.